The fraction of sp³-hybridized carbons (Fsp3) is 0.200. The number of hydrogen-bond acceptors (Lipinski definition) is 5. The first-order valence-electron chi connectivity index (χ1n) is 8.54. The molecule has 0 saturated heterocycles. The molecule has 1 aromatic heterocycles. The van der Waals surface area contributed by atoms with Crippen LogP contribution < -0.4 is 5.43 Å². The molecule has 1 N–H and O–H groups in total. The Hall–Kier alpha value is -2.93. The highest BCUT2D eigenvalue weighted by atomic mass is 32.2. The molecule has 7 heteroatoms. The lowest BCUT2D eigenvalue weighted by Crippen LogP contribution is -2.20. The maximum absolute atomic E-state index is 12.1. The zero-order chi connectivity index (χ0) is 19.2. The molecule has 6 nitrogen and oxygen atoms in total. The van der Waals surface area contributed by atoms with Crippen LogP contribution >= 0.6 is 11.8 Å². The van der Waals surface area contributed by atoms with E-state index >= 15 is 0 Å². The van der Waals surface area contributed by atoms with E-state index in [9.17, 15) is 4.79 Å². The Morgan fingerprint density at radius 2 is 1.89 bits per heavy atom. The van der Waals surface area contributed by atoms with Crippen LogP contribution in [-0.2, 0) is 4.79 Å². The first-order chi connectivity index (χ1) is 13.0. The smallest absolute Gasteiger partial charge is 0.250 e. The second-order valence-corrected chi connectivity index (χ2v) is 7.07. The fourth-order valence-electron chi connectivity index (χ4n) is 2.50. The van der Waals surface area contributed by atoms with Crippen LogP contribution in [0.3, 0.4) is 0 Å². The van der Waals surface area contributed by atoms with Crippen LogP contribution in [0.4, 0.5) is 0 Å². The van der Waals surface area contributed by atoms with Gasteiger partial charge in [0.2, 0.25) is 0 Å². The number of para-hydroxylation sites is 1. The minimum absolute atomic E-state index is 0.194. The van der Waals surface area contributed by atoms with E-state index in [0.717, 1.165) is 17.1 Å². The molecule has 0 saturated carbocycles. The number of amides is 1. The second-order valence-electron chi connectivity index (χ2n) is 6.13. The van der Waals surface area contributed by atoms with Crippen molar-refractivity contribution < 1.29 is 4.79 Å². The number of rotatable bonds is 6. The molecule has 0 fully saturated rings. The molecule has 2 aromatic carbocycles. The Bertz CT molecular complexity index is 966. The summed E-state index contributed by atoms with van der Waals surface area (Å²) in [6, 6.07) is 15.9. The third-order valence-electron chi connectivity index (χ3n) is 4.08. The highest BCUT2D eigenvalue weighted by Crippen LogP contribution is 2.21. The molecule has 0 aliphatic rings. The Labute approximate surface area is 162 Å². The summed E-state index contributed by atoms with van der Waals surface area (Å²) >= 11 is 1.32. The maximum atomic E-state index is 12.1. The van der Waals surface area contributed by atoms with E-state index in [0.29, 0.717) is 5.16 Å². The van der Waals surface area contributed by atoms with Gasteiger partial charge in [-0.15, -0.1) is 10.2 Å². The van der Waals surface area contributed by atoms with E-state index in [1.165, 1.54) is 22.9 Å². The van der Waals surface area contributed by atoms with Crippen molar-refractivity contribution in [2.75, 3.05) is 5.75 Å². The number of thioether (sulfide) groups is 1. The largest absolute Gasteiger partial charge is 0.274 e. The molecule has 3 aromatic rings. The van der Waals surface area contributed by atoms with Gasteiger partial charge in [0.15, 0.2) is 5.16 Å². The predicted octanol–water partition coefficient (Wildman–Crippen LogP) is 3.43. The fourth-order valence-corrected chi connectivity index (χ4v) is 3.29. The zero-order valence-corrected chi connectivity index (χ0v) is 16.3. The number of nitrogens with zero attached hydrogens (tertiary/aromatic N) is 4. The van der Waals surface area contributed by atoms with E-state index in [1.807, 2.05) is 66.9 Å². The number of hydrazone groups is 1. The summed E-state index contributed by atoms with van der Waals surface area (Å²) in [5.41, 5.74) is 6.89. The van der Waals surface area contributed by atoms with E-state index in [4.69, 9.17) is 0 Å². The summed E-state index contributed by atoms with van der Waals surface area (Å²) < 4.78 is 1.93. The molecule has 0 aliphatic carbocycles. The molecule has 0 spiro atoms. The molecule has 27 heavy (non-hydrogen) atoms. The maximum Gasteiger partial charge on any atom is 0.250 e. The van der Waals surface area contributed by atoms with Crippen molar-refractivity contribution >= 4 is 23.9 Å². The Morgan fingerprint density at radius 1 is 1.11 bits per heavy atom. The number of aryl methyl sites for hydroxylation is 3. The van der Waals surface area contributed by atoms with Gasteiger partial charge in [0.05, 0.1) is 12.0 Å². The van der Waals surface area contributed by atoms with Crippen LogP contribution in [0, 0.1) is 20.8 Å². The van der Waals surface area contributed by atoms with E-state index in [1.54, 1.807) is 6.21 Å². The molecule has 1 heterocycles. The monoisotopic (exact) mass is 379 g/mol. The molecular weight excluding hydrogens is 358 g/mol. The van der Waals surface area contributed by atoms with Gasteiger partial charge in [-0.25, -0.2) is 5.43 Å². The molecule has 1 amide bonds. The van der Waals surface area contributed by atoms with Gasteiger partial charge in [-0.2, -0.15) is 5.10 Å². The van der Waals surface area contributed by atoms with Crippen LogP contribution in [-0.4, -0.2) is 32.6 Å². The van der Waals surface area contributed by atoms with Crippen molar-refractivity contribution in [3.05, 3.63) is 71.0 Å². The summed E-state index contributed by atoms with van der Waals surface area (Å²) in [4.78, 5) is 12.1. The van der Waals surface area contributed by atoms with Crippen molar-refractivity contribution in [3.8, 4) is 5.69 Å². The van der Waals surface area contributed by atoms with Gasteiger partial charge < -0.3 is 0 Å². The van der Waals surface area contributed by atoms with E-state index < -0.39 is 0 Å². The highest BCUT2D eigenvalue weighted by Gasteiger charge is 2.12. The number of carbonyl (C=O) groups excluding carboxylic acids is 1. The minimum Gasteiger partial charge on any atom is -0.274 e. The lowest BCUT2D eigenvalue weighted by Gasteiger charge is -2.07. The Kier molecular flexibility index (Phi) is 6.03. The molecule has 0 radical (unpaired) electrons. The number of carbonyl (C=O) groups is 1. The number of hydrogen-bond donors (Lipinski definition) is 1. The van der Waals surface area contributed by atoms with Crippen molar-refractivity contribution in [1.82, 2.24) is 20.2 Å². The van der Waals surface area contributed by atoms with Crippen molar-refractivity contribution in [2.45, 2.75) is 25.9 Å². The third-order valence-corrected chi connectivity index (χ3v) is 5.00. The normalized spacial score (nSPS) is 11.1. The summed E-state index contributed by atoms with van der Waals surface area (Å²) in [7, 11) is 0. The highest BCUT2D eigenvalue weighted by molar-refractivity contribution is 7.99. The summed E-state index contributed by atoms with van der Waals surface area (Å²) in [5.74, 6) is 0.784. The SMILES string of the molecule is Cc1ccc(/C=N/NC(=O)CSc2nnc(C)n2-c2ccccc2)cc1C. The molecule has 138 valence electrons. The molecule has 0 atom stereocenters. The average Bonchev–Trinajstić information content (AvgIpc) is 3.04. The molecule has 0 bridgehead atoms. The van der Waals surface area contributed by atoms with Gasteiger partial charge in [0.25, 0.3) is 5.91 Å². The van der Waals surface area contributed by atoms with Gasteiger partial charge in [-0.1, -0.05) is 48.2 Å². The lowest BCUT2D eigenvalue weighted by atomic mass is 10.1. The molecular formula is C20H21N5OS. The predicted molar refractivity (Wildman–Crippen MR) is 108 cm³/mol. The zero-order valence-electron chi connectivity index (χ0n) is 15.5. The van der Waals surface area contributed by atoms with Gasteiger partial charge >= 0.3 is 0 Å². The van der Waals surface area contributed by atoms with E-state index in [-0.39, 0.29) is 11.7 Å². The average molecular weight is 379 g/mol. The summed E-state index contributed by atoms with van der Waals surface area (Å²) in [5, 5.41) is 13.0. The topological polar surface area (TPSA) is 72.2 Å². The summed E-state index contributed by atoms with van der Waals surface area (Å²) in [6.07, 6.45) is 1.64. The van der Waals surface area contributed by atoms with Gasteiger partial charge in [0.1, 0.15) is 5.82 Å². The lowest BCUT2D eigenvalue weighted by molar-refractivity contribution is -0.118. The second kappa shape index (κ2) is 8.64. The van der Waals surface area contributed by atoms with Gasteiger partial charge in [-0.3, -0.25) is 9.36 Å². The van der Waals surface area contributed by atoms with Crippen LogP contribution in [0.25, 0.3) is 5.69 Å². The van der Waals surface area contributed by atoms with Crippen LogP contribution in [0.5, 0.6) is 0 Å². The number of benzene rings is 2. The Morgan fingerprint density at radius 3 is 2.63 bits per heavy atom. The molecule has 0 unspecified atom stereocenters. The van der Waals surface area contributed by atoms with Crippen molar-refractivity contribution in [1.29, 1.82) is 0 Å². The van der Waals surface area contributed by atoms with Crippen LogP contribution in [0.2, 0.25) is 0 Å². The van der Waals surface area contributed by atoms with Gasteiger partial charge in [-0.05, 0) is 49.6 Å². The van der Waals surface area contributed by atoms with Crippen molar-refractivity contribution in [3.63, 3.8) is 0 Å². The third kappa shape index (κ3) is 4.83. The first-order valence-corrected chi connectivity index (χ1v) is 9.52. The minimum atomic E-state index is -0.194. The van der Waals surface area contributed by atoms with Crippen LogP contribution in [0.1, 0.15) is 22.5 Å². The number of nitrogens with one attached hydrogen (secondary N) is 1. The molecule has 3 rings (SSSR count). The number of aromatic nitrogens is 3. The standard InChI is InChI=1S/C20H21N5OS/c1-14-9-10-17(11-15(14)2)12-21-23-19(26)13-27-20-24-22-16(3)25(20)18-7-5-4-6-8-18/h4-12H,13H2,1-3H3,(H,23,26)/b21-12+. The van der Waals surface area contributed by atoms with E-state index in [2.05, 4.69) is 27.6 Å². The quantitative estimate of drug-likeness (QED) is 0.405. The van der Waals surface area contributed by atoms with Crippen LogP contribution in [0.15, 0.2) is 58.8 Å². The molecule has 0 aliphatic heterocycles. The first kappa shape index (κ1) is 18.8. The Balaban J connectivity index is 1.58. The van der Waals surface area contributed by atoms with Crippen molar-refractivity contribution in [2.24, 2.45) is 5.10 Å². The summed E-state index contributed by atoms with van der Waals surface area (Å²) in [6.45, 7) is 6.00. The van der Waals surface area contributed by atoms with Gasteiger partial charge in [0, 0.05) is 5.69 Å².